The number of carbonyl (C=O) groups is 1. The van der Waals surface area contributed by atoms with Gasteiger partial charge in [0.05, 0.1) is 23.6 Å². The van der Waals surface area contributed by atoms with Gasteiger partial charge in [-0.25, -0.2) is 0 Å². The molecule has 4 heteroatoms. The number of aromatic nitrogens is 1. The largest absolute Gasteiger partial charge is 0.489 e. The van der Waals surface area contributed by atoms with Gasteiger partial charge in [-0.15, -0.1) is 0 Å². The average molecular weight is 248 g/mol. The van der Waals surface area contributed by atoms with Gasteiger partial charge in [0.25, 0.3) is 5.91 Å². The zero-order valence-corrected chi connectivity index (χ0v) is 11.4. The average Bonchev–Trinajstić information content (AvgIpc) is 3.11. The first kappa shape index (κ1) is 12.9. The van der Waals surface area contributed by atoms with Gasteiger partial charge in [0.15, 0.2) is 0 Å². The Morgan fingerprint density at radius 2 is 2.11 bits per heavy atom. The predicted molar refractivity (Wildman–Crippen MR) is 70.0 cm³/mol. The van der Waals surface area contributed by atoms with Crippen LogP contribution in [-0.4, -0.2) is 36.0 Å². The highest BCUT2D eigenvalue weighted by Crippen LogP contribution is 2.28. The molecule has 1 aromatic rings. The van der Waals surface area contributed by atoms with Gasteiger partial charge in [0.2, 0.25) is 0 Å². The molecule has 2 rings (SSSR count). The van der Waals surface area contributed by atoms with Crippen LogP contribution in [0.5, 0.6) is 5.75 Å². The van der Waals surface area contributed by atoms with Crippen LogP contribution in [0, 0.1) is 0 Å². The first-order valence-corrected chi connectivity index (χ1v) is 6.37. The highest BCUT2D eigenvalue weighted by atomic mass is 16.5. The standard InChI is InChI=1S/C14H20N2O2/c1-9(2)13-12(14(17)16(3)4)7-11(8-15-13)18-10-5-6-10/h7-10H,5-6H2,1-4H3. The summed E-state index contributed by atoms with van der Waals surface area (Å²) in [6.07, 6.45) is 4.24. The van der Waals surface area contributed by atoms with Gasteiger partial charge in [-0.05, 0) is 24.8 Å². The molecule has 0 saturated heterocycles. The van der Waals surface area contributed by atoms with Gasteiger partial charge in [0, 0.05) is 14.1 Å². The Labute approximate surface area is 108 Å². The summed E-state index contributed by atoms with van der Waals surface area (Å²) in [5.41, 5.74) is 1.48. The number of pyridine rings is 1. The minimum atomic E-state index is -0.0209. The Kier molecular flexibility index (Phi) is 3.55. The lowest BCUT2D eigenvalue weighted by atomic mass is 10.0. The van der Waals surface area contributed by atoms with E-state index in [9.17, 15) is 4.79 Å². The van der Waals surface area contributed by atoms with E-state index in [1.54, 1.807) is 25.2 Å². The van der Waals surface area contributed by atoms with Crippen molar-refractivity contribution in [2.75, 3.05) is 14.1 Å². The molecule has 0 bridgehead atoms. The predicted octanol–water partition coefficient (Wildman–Crippen LogP) is 2.45. The summed E-state index contributed by atoms with van der Waals surface area (Å²) in [6.45, 7) is 4.08. The van der Waals surface area contributed by atoms with Crippen molar-refractivity contribution in [2.45, 2.75) is 38.7 Å². The molecule has 1 amide bonds. The van der Waals surface area contributed by atoms with Gasteiger partial charge < -0.3 is 9.64 Å². The molecule has 1 aliphatic carbocycles. The molecule has 0 N–H and O–H groups in total. The van der Waals surface area contributed by atoms with E-state index in [1.165, 1.54) is 0 Å². The fourth-order valence-electron chi connectivity index (χ4n) is 1.77. The van der Waals surface area contributed by atoms with E-state index < -0.39 is 0 Å². The van der Waals surface area contributed by atoms with Crippen LogP contribution >= 0.6 is 0 Å². The first-order valence-electron chi connectivity index (χ1n) is 6.37. The van der Waals surface area contributed by atoms with E-state index in [4.69, 9.17) is 4.74 Å². The summed E-state index contributed by atoms with van der Waals surface area (Å²) in [5.74, 6) is 0.901. The maximum absolute atomic E-state index is 12.2. The zero-order valence-electron chi connectivity index (χ0n) is 11.4. The van der Waals surface area contributed by atoms with Crippen LogP contribution in [0.2, 0.25) is 0 Å². The van der Waals surface area contributed by atoms with Crippen molar-refractivity contribution >= 4 is 5.91 Å². The van der Waals surface area contributed by atoms with Crippen molar-refractivity contribution < 1.29 is 9.53 Å². The maximum atomic E-state index is 12.2. The topological polar surface area (TPSA) is 42.4 Å². The van der Waals surface area contributed by atoms with E-state index in [-0.39, 0.29) is 11.8 Å². The minimum absolute atomic E-state index is 0.0209. The molecule has 18 heavy (non-hydrogen) atoms. The quantitative estimate of drug-likeness (QED) is 0.822. The summed E-state index contributed by atoms with van der Waals surface area (Å²) in [4.78, 5) is 18.1. The lowest BCUT2D eigenvalue weighted by Gasteiger charge is -2.16. The molecule has 1 heterocycles. The molecule has 0 unspecified atom stereocenters. The molecule has 1 aromatic heterocycles. The van der Waals surface area contributed by atoms with Crippen LogP contribution in [0.15, 0.2) is 12.3 Å². The molecule has 0 atom stereocenters. The Morgan fingerprint density at radius 1 is 1.44 bits per heavy atom. The number of carbonyl (C=O) groups excluding carboxylic acids is 1. The van der Waals surface area contributed by atoms with Crippen molar-refractivity contribution in [3.8, 4) is 5.75 Å². The molecule has 1 fully saturated rings. The first-order chi connectivity index (χ1) is 8.49. The van der Waals surface area contributed by atoms with Crippen molar-refractivity contribution in [3.05, 3.63) is 23.5 Å². The van der Waals surface area contributed by atoms with E-state index in [0.717, 1.165) is 18.5 Å². The smallest absolute Gasteiger partial charge is 0.255 e. The summed E-state index contributed by atoms with van der Waals surface area (Å²) < 4.78 is 5.70. The highest BCUT2D eigenvalue weighted by Gasteiger charge is 2.25. The lowest BCUT2D eigenvalue weighted by Crippen LogP contribution is -2.24. The molecular weight excluding hydrogens is 228 g/mol. The second-order valence-electron chi connectivity index (χ2n) is 5.28. The third kappa shape index (κ3) is 2.81. The second-order valence-corrected chi connectivity index (χ2v) is 5.28. The van der Waals surface area contributed by atoms with E-state index in [1.807, 2.05) is 19.9 Å². The Bertz CT molecular complexity index is 451. The molecule has 4 nitrogen and oxygen atoms in total. The van der Waals surface area contributed by atoms with Crippen LogP contribution in [0.25, 0.3) is 0 Å². The molecule has 0 radical (unpaired) electrons. The summed E-state index contributed by atoms with van der Waals surface area (Å²) in [5, 5.41) is 0. The maximum Gasteiger partial charge on any atom is 0.255 e. The number of nitrogens with zero attached hydrogens (tertiary/aromatic N) is 2. The molecule has 0 aromatic carbocycles. The number of ether oxygens (including phenoxy) is 1. The van der Waals surface area contributed by atoms with Gasteiger partial charge in [-0.2, -0.15) is 0 Å². The van der Waals surface area contributed by atoms with E-state index in [0.29, 0.717) is 17.4 Å². The fourth-order valence-corrected chi connectivity index (χ4v) is 1.77. The van der Waals surface area contributed by atoms with Crippen molar-refractivity contribution in [1.82, 2.24) is 9.88 Å². The summed E-state index contributed by atoms with van der Waals surface area (Å²) in [7, 11) is 3.50. The lowest BCUT2D eigenvalue weighted by molar-refractivity contribution is 0.0825. The second kappa shape index (κ2) is 4.96. The SMILES string of the molecule is CC(C)c1ncc(OC2CC2)cc1C(=O)N(C)C. The Morgan fingerprint density at radius 3 is 2.61 bits per heavy atom. The normalized spacial score (nSPS) is 14.7. The summed E-state index contributed by atoms with van der Waals surface area (Å²) >= 11 is 0. The molecule has 98 valence electrons. The summed E-state index contributed by atoms with van der Waals surface area (Å²) in [6, 6.07) is 1.82. The Hall–Kier alpha value is -1.58. The van der Waals surface area contributed by atoms with Gasteiger partial charge >= 0.3 is 0 Å². The van der Waals surface area contributed by atoms with Crippen LogP contribution in [0.1, 0.15) is 48.7 Å². The van der Waals surface area contributed by atoms with Crippen LogP contribution in [-0.2, 0) is 0 Å². The highest BCUT2D eigenvalue weighted by molar-refractivity contribution is 5.95. The van der Waals surface area contributed by atoms with Crippen LogP contribution in [0.4, 0.5) is 0 Å². The third-order valence-corrected chi connectivity index (χ3v) is 2.90. The Balaban J connectivity index is 2.33. The monoisotopic (exact) mass is 248 g/mol. The van der Waals surface area contributed by atoms with Gasteiger partial charge in [-0.3, -0.25) is 9.78 Å². The van der Waals surface area contributed by atoms with Crippen molar-refractivity contribution in [2.24, 2.45) is 0 Å². The molecule has 0 aliphatic heterocycles. The van der Waals surface area contributed by atoms with Crippen LogP contribution in [0.3, 0.4) is 0 Å². The van der Waals surface area contributed by atoms with Crippen LogP contribution < -0.4 is 4.74 Å². The molecular formula is C14H20N2O2. The van der Waals surface area contributed by atoms with E-state index >= 15 is 0 Å². The number of amides is 1. The van der Waals surface area contributed by atoms with Crippen molar-refractivity contribution in [1.29, 1.82) is 0 Å². The fraction of sp³-hybridized carbons (Fsp3) is 0.571. The minimum Gasteiger partial charge on any atom is -0.489 e. The van der Waals surface area contributed by atoms with Gasteiger partial charge in [0.1, 0.15) is 5.75 Å². The van der Waals surface area contributed by atoms with Crippen molar-refractivity contribution in [3.63, 3.8) is 0 Å². The molecule has 1 aliphatic rings. The number of hydrogen-bond donors (Lipinski definition) is 0. The third-order valence-electron chi connectivity index (χ3n) is 2.90. The number of hydrogen-bond acceptors (Lipinski definition) is 3. The molecule has 0 spiro atoms. The molecule has 1 saturated carbocycles. The van der Waals surface area contributed by atoms with Gasteiger partial charge in [-0.1, -0.05) is 13.8 Å². The van der Waals surface area contributed by atoms with E-state index in [2.05, 4.69) is 4.98 Å². The zero-order chi connectivity index (χ0) is 13.3. The number of rotatable bonds is 4.